The first-order valence-corrected chi connectivity index (χ1v) is 5.48. The molecule has 0 amide bonds. The Kier molecular flexibility index (Phi) is 1.73. The van der Waals surface area contributed by atoms with Gasteiger partial charge in [0, 0.05) is 24.8 Å². The molecule has 4 nitrogen and oxygen atoms in total. The van der Waals surface area contributed by atoms with Crippen molar-refractivity contribution in [3.63, 3.8) is 0 Å². The summed E-state index contributed by atoms with van der Waals surface area (Å²) in [5.74, 6) is -0.252. The van der Waals surface area contributed by atoms with Crippen LogP contribution in [0.1, 0.15) is 15.9 Å². The zero-order valence-corrected chi connectivity index (χ0v) is 9.74. The van der Waals surface area contributed by atoms with Gasteiger partial charge in [0.15, 0.2) is 5.60 Å². The first kappa shape index (κ1) is 9.30. The summed E-state index contributed by atoms with van der Waals surface area (Å²) in [5, 5.41) is 0. The van der Waals surface area contributed by atoms with E-state index in [-0.39, 0.29) is 5.97 Å². The molecule has 3 heterocycles. The van der Waals surface area contributed by atoms with Gasteiger partial charge in [-0.2, -0.15) is 0 Å². The van der Waals surface area contributed by atoms with E-state index in [4.69, 9.17) is 4.74 Å². The second kappa shape index (κ2) is 2.80. The molecule has 2 aliphatic rings. The van der Waals surface area contributed by atoms with E-state index in [9.17, 15) is 4.79 Å². The smallest absolute Gasteiger partial charge is 0.341 e. The molecule has 0 saturated carbocycles. The molecule has 1 aromatic rings. The Morgan fingerprint density at radius 3 is 3.00 bits per heavy atom. The average Bonchev–Trinajstić information content (AvgIpc) is 2.39. The maximum absolute atomic E-state index is 11.6. The Bertz CT molecular complexity index is 455. The number of hydrogen-bond acceptors (Lipinski definition) is 4. The van der Waals surface area contributed by atoms with E-state index in [0.29, 0.717) is 5.56 Å². The van der Waals surface area contributed by atoms with E-state index in [1.807, 2.05) is 13.1 Å². The fourth-order valence-corrected chi connectivity index (χ4v) is 2.65. The first-order chi connectivity index (χ1) is 7.11. The molecule has 15 heavy (non-hydrogen) atoms. The molecule has 78 valence electrons. The van der Waals surface area contributed by atoms with Crippen molar-refractivity contribution < 1.29 is 9.53 Å². The standard InChI is InChI=1S/C10H9BrN2O2/c1-13-4-10(5-13)7-2-8(11)12-3-6(7)9(14)15-10/h2-3H,4-5H2,1H3. The van der Waals surface area contributed by atoms with E-state index in [1.165, 1.54) is 0 Å². The quantitative estimate of drug-likeness (QED) is 0.523. The number of rotatable bonds is 0. The molecule has 3 rings (SSSR count). The number of fused-ring (bicyclic) bond motifs is 2. The third kappa shape index (κ3) is 1.16. The van der Waals surface area contributed by atoms with Gasteiger partial charge in [0.25, 0.3) is 0 Å². The Hall–Kier alpha value is -0.940. The van der Waals surface area contributed by atoms with Crippen LogP contribution >= 0.6 is 15.9 Å². The van der Waals surface area contributed by atoms with E-state index < -0.39 is 5.60 Å². The summed E-state index contributed by atoms with van der Waals surface area (Å²) in [6.07, 6.45) is 1.58. The summed E-state index contributed by atoms with van der Waals surface area (Å²) in [5.41, 5.74) is 1.16. The monoisotopic (exact) mass is 268 g/mol. The average molecular weight is 269 g/mol. The van der Waals surface area contributed by atoms with Gasteiger partial charge in [-0.25, -0.2) is 9.78 Å². The van der Waals surface area contributed by atoms with Crippen LogP contribution in [0.5, 0.6) is 0 Å². The van der Waals surface area contributed by atoms with E-state index in [2.05, 4.69) is 25.8 Å². The summed E-state index contributed by atoms with van der Waals surface area (Å²) < 4.78 is 6.18. The zero-order valence-electron chi connectivity index (χ0n) is 8.16. The maximum Gasteiger partial charge on any atom is 0.341 e. The van der Waals surface area contributed by atoms with Crippen molar-refractivity contribution in [2.24, 2.45) is 0 Å². The van der Waals surface area contributed by atoms with Crippen LogP contribution in [0.4, 0.5) is 0 Å². The maximum atomic E-state index is 11.6. The molecule has 0 bridgehead atoms. The molecule has 1 fully saturated rings. The lowest BCUT2D eigenvalue weighted by Crippen LogP contribution is -2.57. The number of likely N-dealkylation sites (N-methyl/N-ethyl adjacent to an activating group) is 1. The van der Waals surface area contributed by atoms with Crippen molar-refractivity contribution in [3.05, 3.63) is 28.0 Å². The second-order valence-electron chi connectivity index (χ2n) is 4.11. The molecule has 1 saturated heterocycles. The summed E-state index contributed by atoms with van der Waals surface area (Å²) >= 11 is 3.31. The number of halogens is 1. The Morgan fingerprint density at radius 1 is 1.60 bits per heavy atom. The predicted octanol–water partition coefficient (Wildman–Crippen LogP) is 1.16. The summed E-state index contributed by atoms with van der Waals surface area (Å²) in [4.78, 5) is 17.8. The number of esters is 1. The first-order valence-electron chi connectivity index (χ1n) is 4.69. The van der Waals surface area contributed by atoms with Gasteiger partial charge in [0.2, 0.25) is 0 Å². The molecule has 5 heteroatoms. The minimum atomic E-state index is -0.410. The SMILES string of the molecule is CN1CC2(C1)OC(=O)c1cnc(Br)cc12. The van der Waals surface area contributed by atoms with E-state index >= 15 is 0 Å². The number of ether oxygens (including phenoxy) is 1. The Balaban J connectivity index is 2.12. The highest BCUT2D eigenvalue weighted by atomic mass is 79.9. The van der Waals surface area contributed by atoms with Gasteiger partial charge in [-0.15, -0.1) is 0 Å². The van der Waals surface area contributed by atoms with Crippen LogP contribution in [0.25, 0.3) is 0 Å². The third-order valence-corrected chi connectivity index (χ3v) is 3.35. The van der Waals surface area contributed by atoms with Crippen molar-refractivity contribution in [1.29, 1.82) is 0 Å². The van der Waals surface area contributed by atoms with Crippen molar-refractivity contribution in [2.45, 2.75) is 5.60 Å². The van der Waals surface area contributed by atoms with Crippen LogP contribution in [0.15, 0.2) is 16.9 Å². The topological polar surface area (TPSA) is 42.4 Å². The number of nitrogens with zero attached hydrogens (tertiary/aromatic N) is 2. The number of carbonyl (C=O) groups is 1. The Morgan fingerprint density at radius 2 is 2.33 bits per heavy atom. The van der Waals surface area contributed by atoms with Crippen molar-refractivity contribution in [1.82, 2.24) is 9.88 Å². The van der Waals surface area contributed by atoms with Crippen molar-refractivity contribution >= 4 is 21.9 Å². The summed E-state index contributed by atoms with van der Waals surface area (Å²) in [6.45, 7) is 1.53. The van der Waals surface area contributed by atoms with Gasteiger partial charge in [-0.3, -0.25) is 4.90 Å². The lowest BCUT2D eigenvalue weighted by Gasteiger charge is -2.44. The van der Waals surface area contributed by atoms with Crippen LogP contribution in [0.2, 0.25) is 0 Å². The van der Waals surface area contributed by atoms with Gasteiger partial charge in [0.1, 0.15) is 4.60 Å². The molecule has 0 aliphatic carbocycles. The molecule has 2 aliphatic heterocycles. The number of aromatic nitrogens is 1. The number of likely N-dealkylation sites (tertiary alicyclic amines) is 1. The second-order valence-corrected chi connectivity index (χ2v) is 4.92. The normalized spacial score (nSPS) is 22.4. The highest BCUT2D eigenvalue weighted by Crippen LogP contribution is 2.42. The fraction of sp³-hybridized carbons (Fsp3) is 0.400. The molecule has 0 radical (unpaired) electrons. The Labute approximate surface area is 95.4 Å². The van der Waals surface area contributed by atoms with Gasteiger partial charge in [-0.05, 0) is 29.0 Å². The van der Waals surface area contributed by atoms with Crippen LogP contribution in [0.3, 0.4) is 0 Å². The molecular weight excluding hydrogens is 260 g/mol. The minimum Gasteiger partial charge on any atom is -0.448 e. The lowest BCUT2D eigenvalue weighted by atomic mass is 9.86. The summed E-state index contributed by atoms with van der Waals surface area (Å²) in [7, 11) is 2.01. The van der Waals surface area contributed by atoms with Crippen LogP contribution < -0.4 is 0 Å². The predicted molar refractivity (Wildman–Crippen MR) is 56.5 cm³/mol. The third-order valence-electron chi connectivity index (χ3n) is 2.92. The zero-order chi connectivity index (χ0) is 10.6. The molecule has 1 aromatic heterocycles. The summed E-state index contributed by atoms with van der Waals surface area (Å²) in [6, 6.07) is 1.88. The number of pyridine rings is 1. The van der Waals surface area contributed by atoms with Gasteiger partial charge < -0.3 is 4.74 Å². The van der Waals surface area contributed by atoms with Crippen molar-refractivity contribution in [3.8, 4) is 0 Å². The van der Waals surface area contributed by atoms with E-state index in [0.717, 1.165) is 23.3 Å². The highest BCUT2D eigenvalue weighted by Gasteiger charge is 2.53. The largest absolute Gasteiger partial charge is 0.448 e. The molecule has 0 atom stereocenters. The molecule has 0 N–H and O–H groups in total. The molecule has 0 aromatic carbocycles. The highest BCUT2D eigenvalue weighted by molar-refractivity contribution is 9.10. The molecular formula is C10H9BrN2O2. The molecule has 1 spiro atoms. The van der Waals surface area contributed by atoms with Crippen LogP contribution in [0, 0.1) is 0 Å². The van der Waals surface area contributed by atoms with Crippen molar-refractivity contribution in [2.75, 3.05) is 20.1 Å². The minimum absolute atomic E-state index is 0.252. The van der Waals surface area contributed by atoms with Crippen LogP contribution in [-0.4, -0.2) is 36.0 Å². The van der Waals surface area contributed by atoms with Gasteiger partial charge >= 0.3 is 5.97 Å². The van der Waals surface area contributed by atoms with Gasteiger partial charge in [0.05, 0.1) is 5.56 Å². The number of hydrogen-bond donors (Lipinski definition) is 0. The number of carbonyl (C=O) groups excluding carboxylic acids is 1. The van der Waals surface area contributed by atoms with E-state index in [1.54, 1.807) is 6.20 Å². The lowest BCUT2D eigenvalue weighted by molar-refractivity contribution is -0.0943. The fourth-order valence-electron chi connectivity index (χ4n) is 2.32. The van der Waals surface area contributed by atoms with Gasteiger partial charge in [-0.1, -0.05) is 0 Å². The molecule has 0 unspecified atom stereocenters. The van der Waals surface area contributed by atoms with Crippen LogP contribution in [-0.2, 0) is 10.3 Å².